The summed E-state index contributed by atoms with van der Waals surface area (Å²) in [4.78, 5) is 33.6. The van der Waals surface area contributed by atoms with Crippen molar-refractivity contribution in [1.82, 2.24) is 5.32 Å². The number of non-ortho nitro benzene ring substituents is 1. The van der Waals surface area contributed by atoms with Gasteiger partial charge >= 0.3 is 5.97 Å². The summed E-state index contributed by atoms with van der Waals surface area (Å²) in [6.45, 7) is 1.13. The van der Waals surface area contributed by atoms with E-state index in [1.165, 1.54) is 31.2 Å². The molecule has 0 heterocycles. The minimum absolute atomic E-state index is 0.0675. The first-order valence-corrected chi connectivity index (χ1v) is 7.83. The number of benzene rings is 1. The average molecular weight is 336 g/mol. The van der Waals surface area contributed by atoms with Gasteiger partial charge in [0.15, 0.2) is 12.7 Å². The van der Waals surface area contributed by atoms with Crippen LogP contribution >= 0.6 is 0 Å². The van der Waals surface area contributed by atoms with E-state index in [0.717, 1.165) is 25.7 Å². The highest BCUT2D eigenvalue weighted by Crippen LogP contribution is 2.18. The van der Waals surface area contributed by atoms with Crippen molar-refractivity contribution < 1.29 is 24.0 Å². The van der Waals surface area contributed by atoms with Gasteiger partial charge in [-0.15, -0.1) is 0 Å². The smallest absolute Gasteiger partial charge is 0.344 e. The molecule has 0 bridgehead atoms. The Morgan fingerprint density at radius 1 is 1.29 bits per heavy atom. The minimum atomic E-state index is -0.890. The normalized spacial score (nSPS) is 15.5. The lowest BCUT2D eigenvalue weighted by Gasteiger charge is -2.17. The van der Waals surface area contributed by atoms with Gasteiger partial charge in [0.25, 0.3) is 11.6 Å². The molecule has 0 saturated heterocycles. The van der Waals surface area contributed by atoms with Gasteiger partial charge < -0.3 is 14.8 Å². The molecule has 24 heavy (non-hydrogen) atoms. The molecule has 1 fully saturated rings. The van der Waals surface area contributed by atoms with Gasteiger partial charge in [0.05, 0.1) is 4.92 Å². The van der Waals surface area contributed by atoms with Crippen molar-refractivity contribution in [3.05, 3.63) is 34.4 Å². The second-order valence-electron chi connectivity index (χ2n) is 5.66. The van der Waals surface area contributed by atoms with Crippen LogP contribution in [-0.2, 0) is 14.3 Å². The Morgan fingerprint density at radius 3 is 2.50 bits per heavy atom. The molecule has 0 radical (unpaired) electrons. The van der Waals surface area contributed by atoms with Crippen LogP contribution in [-0.4, -0.2) is 35.6 Å². The molecule has 1 saturated carbocycles. The Hall–Kier alpha value is -2.64. The first-order chi connectivity index (χ1) is 11.5. The number of amides is 1. The first kappa shape index (κ1) is 17.7. The van der Waals surface area contributed by atoms with Crippen LogP contribution in [0.15, 0.2) is 24.3 Å². The van der Waals surface area contributed by atoms with Crippen molar-refractivity contribution in [1.29, 1.82) is 0 Å². The van der Waals surface area contributed by atoms with E-state index in [1.807, 2.05) is 0 Å². The van der Waals surface area contributed by atoms with E-state index >= 15 is 0 Å². The molecule has 0 aliphatic heterocycles. The van der Waals surface area contributed by atoms with Gasteiger partial charge in [-0.2, -0.15) is 0 Å². The molecule has 0 spiro atoms. The number of nitro benzene ring substituents is 1. The topological polar surface area (TPSA) is 108 Å². The standard InChI is InChI=1S/C16H20N2O6/c1-11(16(20)17-12-4-2-3-5-12)24-15(19)10-23-14-8-6-13(7-9-14)18(21)22/h6-9,11-12H,2-5,10H2,1H3,(H,17,20)/t11-/m0/s1. The molecule has 2 rings (SSSR count). The van der Waals surface area contributed by atoms with Crippen LogP contribution in [0.2, 0.25) is 0 Å². The van der Waals surface area contributed by atoms with Crippen LogP contribution in [0.1, 0.15) is 32.6 Å². The molecule has 0 unspecified atom stereocenters. The van der Waals surface area contributed by atoms with Gasteiger partial charge in [0, 0.05) is 18.2 Å². The number of ether oxygens (including phenoxy) is 2. The molecule has 1 aromatic carbocycles. The van der Waals surface area contributed by atoms with E-state index < -0.39 is 17.0 Å². The molecule has 0 aromatic heterocycles. The fraction of sp³-hybridized carbons (Fsp3) is 0.500. The SMILES string of the molecule is C[C@H](OC(=O)COc1ccc([N+](=O)[O-])cc1)C(=O)NC1CCCC1. The van der Waals surface area contributed by atoms with Crippen molar-refractivity contribution in [2.24, 2.45) is 0 Å². The number of nitro groups is 1. The molecule has 8 heteroatoms. The van der Waals surface area contributed by atoms with Gasteiger partial charge in [-0.05, 0) is 31.9 Å². The lowest BCUT2D eigenvalue weighted by atomic mass is 10.2. The van der Waals surface area contributed by atoms with Crippen molar-refractivity contribution >= 4 is 17.6 Å². The van der Waals surface area contributed by atoms with Crippen molar-refractivity contribution in [2.45, 2.75) is 44.8 Å². The lowest BCUT2D eigenvalue weighted by Crippen LogP contribution is -2.41. The van der Waals surface area contributed by atoms with Gasteiger partial charge in [-0.3, -0.25) is 14.9 Å². The molecular weight excluding hydrogens is 316 g/mol. The number of hydrogen-bond donors (Lipinski definition) is 1. The third-order valence-electron chi connectivity index (χ3n) is 3.78. The summed E-state index contributed by atoms with van der Waals surface area (Å²) in [6, 6.07) is 5.50. The van der Waals surface area contributed by atoms with E-state index in [-0.39, 0.29) is 24.2 Å². The summed E-state index contributed by atoms with van der Waals surface area (Å²) in [6.07, 6.45) is 3.22. The molecular formula is C16H20N2O6. The van der Waals surface area contributed by atoms with Crippen LogP contribution in [0, 0.1) is 10.1 Å². The number of carbonyl (C=O) groups excluding carboxylic acids is 2. The number of carbonyl (C=O) groups is 2. The van der Waals surface area contributed by atoms with Crippen LogP contribution in [0.4, 0.5) is 5.69 Å². The third kappa shape index (κ3) is 5.22. The molecule has 1 N–H and O–H groups in total. The highest BCUT2D eigenvalue weighted by Gasteiger charge is 2.23. The summed E-state index contributed by atoms with van der Waals surface area (Å²) in [5.41, 5.74) is -0.0675. The number of nitrogens with one attached hydrogen (secondary N) is 1. The highest BCUT2D eigenvalue weighted by molar-refractivity contribution is 5.83. The van der Waals surface area contributed by atoms with Crippen LogP contribution in [0.5, 0.6) is 5.75 Å². The third-order valence-corrected chi connectivity index (χ3v) is 3.78. The van der Waals surface area contributed by atoms with E-state index in [2.05, 4.69) is 5.32 Å². The number of rotatable bonds is 7. The summed E-state index contributed by atoms with van der Waals surface area (Å²) >= 11 is 0. The predicted molar refractivity (Wildman–Crippen MR) is 84.5 cm³/mol. The summed E-state index contributed by atoms with van der Waals surface area (Å²) in [5, 5.41) is 13.4. The lowest BCUT2D eigenvalue weighted by molar-refractivity contribution is -0.384. The second kappa shape index (κ2) is 8.28. The van der Waals surface area contributed by atoms with Gasteiger partial charge in [0.1, 0.15) is 5.75 Å². The molecule has 1 aromatic rings. The minimum Gasteiger partial charge on any atom is -0.482 e. The Kier molecular flexibility index (Phi) is 6.11. The molecule has 1 atom stereocenters. The van der Waals surface area contributed by atoms with Crippen molar-refractivity contribution in [3.63, 3.8) is 0 Å². The van der Waals surface area contributed by atoms with Crippen LogP contribution in [0.25, 0.3) is 0 Å². The summed E-state index contributed by atoms with van der Waals surface area (Å²) in [5.74, 6) is -0.686. The van der Waals surface area contributed by atoms with Gasteiger partial charge in [0.2, 0.25) is 0 Å². The molecule has 1 aliphatic carbocycles. The Labute approximate surface area is 139 Å². The Morgan fingerprint density at radius 2 is 1.92 bits per heavy atom. The zero-order valence-electron chi connectivity index (χ0n) is 13.4. The maximum Gasteiger partial charge on any atom is 0.344 e. The molecule has 8 nitrogen and oxygen atoms in total. The zero-order valence-corrected chi connectivity index (χ0v) is 13.4. The van der Waals surface area contributed by atoms with E-state index in [4.69, 9.17) is 9.47 Å². The maximum absolute atomic E-state index is 11.9. The van der Waals surface area contributed by atoms with Gasteiger partial charge in [-0.25, -0.2) is 4.79 Å². The van der Waals surface area contributed by atoms with E-state index in [1.54, 1.807) is 0 Å². The molecule has 1 amide bonds. The fourth-order valence-electron chi connectivity index (χ4n) is 2.48. The second-order valence-corrected chi connectivity index (χ2v) is 5.66. The molecule has 130 valence electrons. The number of hydrogen-bond acceptors (Lipinski definition) is 6. The fourth-order valence-corrected chi connectivity index (χ4v) is 2.48. The quantitative estimate of drug-likeness (QED) is 0.463. The maximum atomic E-state index is 11.9. The van der Waals surface area contributed by atoms with Crippen molar-refractivity contribution in [3.8, 4) is 5.75 Å². The van der Waals surface area contributed by atoms with Gasteiger partial charge in [-0.1, -0.05) is 12.8 Å². The predicted octanol–water partition coefficient (Wildman–Crippen LogP) is 1.96. The number of nitrogens with zero attached hydrogens (tertiary/aromatic N) is 1. The van der Waals surface area contributed by atoms with Crippen molar-refractivity contribution in [2.75, 3.05) is 6.61 Å². The molecule has 1 aliphatic rings. The first-order valence-electron chi connectivity index (χ1n) is 7.83. The van der Waals surface area contributed by atoms with E-state index in [0.29, 0.717) is 5.75 Å². The average Bonchev–Trinajstić information content (AvgIpc) is 3.06. The Balaban J connectivity index is 1.73. The monoisotopic (exact) mass is 336 g/mol. The highest BCUT2D eigenvalue weighted by atomic mass is 16.6. The summed E-state index contributed by atoms with van der Waals surface area (Å²) < 4.78 is 10.2. The Bertz CT molecular complexity index is 595. The number of esters is 1. The van der Waals surface area contributed by atoms with Crippen LogP contribution in [0.3, 0.4) is 0 Å². The largest absolute Gasteiger partial charge is 0.482 e. The van der Waals surface area contributed by atoms with E-state index in [9.17, 15) is 19.7 Å². The summed E-state index contributed by atoms with van der Waals surface area (Å²) in [7, 11) is 0. The zero-order chi connectivity index (χ0) is 17.5. The van der Waals surface area contributed by atoms with Crippen LogP contribution < -0.4 is 10.1 Å².